The van der Waals surface area contributed by atoms with Gasteiger partial charge in [-0.05, 0) is 19.4 Å². The summed E-state index contributed by atoms with van der Waals surface area (Å²) in [5.74, 6) is 0. The minimum Gasteiger partial charge on any atom is -0.383 e. The van der Waals surface area contributed by atoms with Gasteiger partial charge in [-0.25, -0.2) is 4.79 Å². The van der Waals surface area contributed by atoms with Crippen LogP contribution in [0.5, 0.6) is 0 Å². The van der Waals surface area contributed by atoms with Crippen LogP contribution < -0.4 is 16.0 Å². The fourth-order valence-electron chi connectivity index (χ4n) is 1.65. The van der Waals surface area contributed by atoms with E-state index in [4.69, 9.17) is 4.74 Å². The molecule has 1 aliphatic rings. The van der Waals surface area contributed by atoms with Crippen LogP contribution in [0.1, 0.15) is 19.3 Å². The van der Waals surface area contributed by atoms with Crippen molar-refractivity contribution in [2.24, 2.45) is 0 Å². The van der Waals surface area contributed by atoms with E-state index in [-0.39, 0.29) is 12.1 Å². The summed E-state index contributed by atoms with van der Waals surface area (Å²) in [5, 5.41) is 9.00. The second-order valence-corrected chi connectivity index (χ2v) is 3.79. The lowest BCUT2D eigenvalue weighted by Gasteiger charge is -2.16. The Morgan fingerprint density at radius 1 is 1.53 bits per heavy atom. The van der Waals surface area contributed by atoms with Crippen molar-refractivity contribution >= 4 is 6.03 Å². The third-order valence-electron chi connectivity index (χ3n) is 2.47. The van der Waals surface area contributed by atoms with E-state index in [2.05, 4.69) is 16.0 Å². The molecule has 15 heavy (non-hydrogen) atoms. The quantitative estimate of drug-likeness (QED) is 0.582. The van der Waals surface area contributed by atoms with Crippen LogP contribution in [-0.2, 0) is 4.74 Å². The van der Waals surface area contributed by atoms with Crippen LogP contribution in [0.25, 0.3) is 0 Å². The van der Waals surface area contributed by atoms with Crippen LogP contribution in [0, 0.1) is 0 Å². The summed E-state index contributed by atoms with van der Waals surface area (Å²) < 4.78 is 4.85. The minimum absolute atomic E-state index is 0.0965. The fraction of sp³-hybridized carbons (Fsp3) is 0.900. The zero-order valence-electron chi connectivity index (χ0n) is 9.34. The molecule has 0 aromatic rings. The van der Waals surface area contributed by atoms with Gasteiger partial charge in [-0.2, -0.15) is 0 Å². The van der Waals surface area contributed by atoms with E-state index in [0.717, 1.165) is 19.5 Å². The van der Waals surface area contributed by atoms with Crippen molar-refractivity contribution in [3.63, 3.8) is 0 Å². The summed E-state index contributed by atoms with van der Waals surface area (Å²) in [6.07, 6.45) is 3.43. The smallest absolute Gasteiger partial charge is 0.315 e. The maximum atomic E-state index is 11.4. The molecule has 2 amide bonds. The topological polar surface area (TPSA) is 62.4 Å². The predicted octanol–water partition coefficient (Wildman–Crippen LogP) is 0.0741. The molecule has 1 heterocycles. The van der Waals surface area contributed by atoms with E-state index in [1.54, 1.807) is 7.11 Å². The van der Waals surface area contributed by atoms with Gasteiger partial charge in [-0.1, -0.05) is 6.42 Å². The van der Waals surface area contributed by atoms with E-state index >= 15 is 0 Å². The number of amides is 2. The van der Waals surface area contributed by atoms with Gasteiger partial charge >= 0.3 is 6.03 Å². The minimum atomic E-state index is -0.0965. The summed E-state index contributed by atoms with van der Waals surface area (Å²) in [6, 6.07) is 0.163. The first-order chi connectivity index (χ1) is 7.33. The van der Waals surface area contributed by atoms with Crippen LogP contribution in [0.3, 0.4) is 0 Å². The lowest BCUT2D eigenvalue weighted by atomic mass is 10.1. The van der Waals surface area contributed by atoms with Gasteiger partial charge in [-0.3, -0.25) is 0 Å². The van der Waals surface area contributed by atoms with Crippen LogP contribution in [0.4, 0.5) is 4.79 Å². The highest BCUT2D eigenvalue weighted by molar-refractivity contribution is 5.74. The van der Waals surface area contributed by atoms with Gasteiger partial charge in [-0.15, -0.1) is 0 Å². The van der Waals surface area contributed by atoms with E-state index in [1.165, 1.54) is 12.8 Å². The second-order valence-electron chi connectivity index (χ2n) is 3.79. The van der Waals surface area contributed by atoms with Gasteiger partial charge in [0.2, 0.25) is 0 Å². The van der Waals surface area contributed by atoms with Crippen molar-refractivity contribution in [3.8, 4) is 0 Å². The summed E-state index contributed by atoms with van der Waals surface area (Å²) in [7, 11) is 1.62. The van der Waals surface area contributed by atoms with E-state index < -0.39 is 0 Å². The number of hydrogen-bond acceptors (Lipinski definition) is 3. The molecule has 0 aliphatic carbocycles. The number of carbonyl (C=O) groups is 1. The Kier molecular flexibility index (Phi) is 6.11. The van der Waals surface area contributed by atoms with E-state index in [0.29, 0.717) is 13.2 Å². The molecule has 5 nitrogen and oxygen atoms in total. The molecule has 0 radical (unpaired) electrons. The standard InChI is InChI=1S/C10H21N3O2/c1-15-7-6-12-10(14)13-9-4-2-3-5-11-8-9/h9,11H,2-8H2,1H3,(H2,12,13,14). The molecular weight excluding hydrogens is 194 g/mol. The number of methoxy groups -OCH3 is 1. The highest BCUT2D eigenvalue weighted by Gasteiger charge is 2.13. The Morgan fingerprint density at radius 3 is 3.20 bits per heavy atom. The van der Waals surface area contributed by atoms with E-state index in [9.17, 15) is 4.79 Å². The fourth-order valence-corrected chi connectivity index (χ4v) is 1.65. The molecule has 0 aromatic heterocycles. The summed E-state index contributed by atoms with van der Waals surface area (Å²) >= 11 is 0. The monoisotopic (exact) mass is 215 g/mol. The molecule has 0 bridgehead atoms. The Balaban J connectivity index is 2.12. The van der Waals surface area contributed by atoms with Gasteiger partial charge in [0.25, 0.3) is 0 Å². The molecule has 0 aromatic carbocycles. The molecule has 1 atom stereocenters. The SMILES string of the molecule is COCCNC(=O)NC1CCCCNC1. The van der Waals surface area contributed by atoms with Crippen LogP contribution in [-0.4, -0.2) is 45.4 Å². The molecule has 88 valence electrons. The predicted molar refractivity (Wildman–Crippen MR) is 58.9 cm³/mol. The first-order valence-corrected chi connectivity index (χ1v) is 5.57. The third-order valence-corrected chi connectivity index (χ3v) is 2.47. The van der Waals surface area contributed by atoms with Crippen molar-refractivity contribution in [1.82, 2.24) is 16.0 Å². The number of urea groups is 1. The van der Waals surface area contributed by atoms with Crippen LogP contribution in [0.15, 0.2) is 0 Å². The zero-order chi connectivity index (χ0) is 10.9. The van der Waals surface area contributed by atoms with Gasteiger partial charge in [0.1, 0.15) is 0 Å². The average molecular weight is 215 g/mol. The molecule has 0 spiro atoms. The molecule has 1 aliphatic heterocycles. The summed E-state index contributed by atoms with van der Waals surface area (Å²) in [4.78, 5) is 11.4. The average Bonchev–Trinajstić information content (AvgIpc) is 2.47. The van der Waals surface area contributed by atoms with Gasteiger partial charge < -0.3 is 20.7 Å². The normalized spacial score (nSPS) is 21.8. The third kappa shape index (κ3) is 5.59. The maximum absolute atomic E-state index is 11.4. The number of nitrogens with one attached hydrogen (secondary N) is 3. The lowest BCUT2D eigenvalue weighted by molar-refractivity contribution is 0.195. The number of ether oxygens (including phenoxy) is 1. The first-order valence-electron chi connectivity index (χ1n) is 5.57. The van der Waals surface area contributed by atoms with Crippen molar-refractivity contribution in [2.45, 2.75) is 25.3 Å². The van der Waals surface area contributed by atoms with E-state index in [1.807, 2.05) is 0 Å². The maximum Gasteiger partial charge on any atom is 0.315 e. The Labute approximate surface area is 90.9 Å². The number of hydrogen-bond donors (Lipinski definition) is 3. The first kappa shape index (κ1) is 12.3. The Hall–Kier alpha value is -0.810. The molecule has 3 N–H and O–H groups in total. The number of rotatable bonds is 4. The molecule has 1 fully saturated rings. The zero-order valence-corrected chi connectivity index (χ0v) is 9.34. The van der Waals surface area contributed by atoms with Crippen molar-refractivity contribution in [2.75, 3.05) is 33.4 Å². The van der Waals surface area contributed by atoms with Crippen molar-refractivity contribution < 1.29 is 9.53 Å². The van der Waals surface area contributed by atoms with Gasteiger partial charge in [0, 0.05) is 26.2 Å². The van der Waals surface area contributed by atoms with Gasteiger partial charge in [0.15, 0.2) is 0 Å². The highest BCUT2D eigenvalue weighted by Crippen LogP contribution is 2.03. The van der Waals surface area contributed by atoms with Crippen LogP contribution in [0.2, 0.25) is 0 Å². The Morgan fingerprint density at radius 2 is 2.40 bits per heavy atom. The molecule has 1 unspecified atom stereocenters. The molecule has 1 saturated heterocycles. The number of carbonyl (C=O) groups excluding carboxylic acids is 1. The molecule has 0 saturated carbocycles. The highest BCUT2D eigenvalue weighted by atomic mass is 16.5. The van der Waals surface area contributed by atoms with Crippen molar-refractivity contribution in [1.29, 1.82) is 0 Å². The van der Waals surface area contributed by atoms with Crippen molar-refractivity contribution in [3.05, 3.63) is 0 Å². The molecular formula is C10H21N3O2. The van der Waals surface area contributed by atoms with Gasteiger partial charge in [0.05, 0.1) is 6.61 Å². The van der Waals surface area contributed by atoms with Crippen LogP contribution >= 0.6 is 0 Å². The summed E-state index contributed by atoms with van der Waals surface area (Å²) in [5.41, 5.74) is 0. The summed E-state index contributed by atoms with van der Waals surface area (Å²) in [6.45, 7) is 3.04. The molecule has 5 heteroatoms. The largest absolute Gasteiger partial charge is 0.383 e. The Bertz CT molecular complexity index is 180. The molecule has 1 rings (SSSR count). The second kappa shape index (κ2) is 7.48. The lowest BCUT2D eigenvalue weighted by Crippen LogP contribution is -2.46.